The molecule has 1 aliphatic rings. The van der Waals surface area contributed by atoms with Crippen LogP contribution < -0.4 is 10.4 Å². The van der Waals surface area contributed by atoms with Gasteiger partial charge in [-0.3, -0.25) is 0 Å². The van der Waals surface area contributed by atoms with E-state index < -0.39 is 44.7 Å². The van der Waals surface area contributed by atoms with Crippen molar-refractivity contribution >= 4 is 24.7 Å². The van der Waals surface area contributed by atoms with Crippen molar-refractivity contribution in [3.8, 4) is 0 Å². The third-order valence-electron chi connectivity index (χ3n) is 7.33. The number of benzene rings is 3. The number of ether oxygens (including phenoxy) is 2. The Hall–Kier alpha value is -3.46. The Labute approximate surface area is 230 Å². The van der Waals surface area contributed by atoms with Crippen LogP contribution in [0.1, 0.15) is 38.1 Å². The Morgan fingerprint density at radius 1 is 0.974 bits per heavy atom. The zero-order chi connectivity index (χ0) is 28.0. The highest BCUT2D eigenvalue weighted by Gasteiger charge is 2.55. The second-order valence-electron chi connectivity index (χ2n) is 10.8. The molecule has 9 heteroatoms. The Bertz CT molecular complexity index is 1240. The van der Waals surface area contributed by atoms with Gasteiger partial charge in [0.1, 0.15) is 12.7 Å². The fourth-order valence-electron chi connectivity index (χ4n) is 5.26. The molecule has 1 heterocycles. The van der Waals surface area contributed by atoms with Crippen molar-refractivity contribution in [3.05, 3.63) is 107 Å². The molecule has 4 rings (SSSR count). The Kier molecular flexibility index (Phi) is 8.89. The van der Waals surface area contributed by atoms with Crippen molar-refractivity contribution in [2.24, 2.45) is 11.0 Å². The summed E-state index contributed by atoms with van der Waals surface area (Å²) in [5, 5.41) is 16.8. The SMILES string of the molecule is C[C@@H]1C(N=[N+]=[N-])[C@H](O[Si](c2ccccc2)(c2ccccc2)C(C)(C)C)OC(COC(=O)c2ccccc2)[C@H]1O. The largest absolute Gasteiger partial charge is 0.459 e. The highest BCUT2D eigenvalue weighted by molar-refractivity contribution is 6.99. The number of carbonyl (C=O) groups excluding carboxylic acids is 1. The Balaban J connectivity index is 1.72. The maximum Gasteiger partial charge on any atom is 0.338 e. The van der Waals surface area contributed by atoms with Gasteiger partial charge >= 0.3 is 5.97 Å². The van der Waals surface area contributed by atoms with Crippen molar-refractivity contribution in [3.63, 3.8) is 0 Å². The summed E-state index contributed by atoms with van der Waals surface area (Å²) >= 11 is 0. The molecule has 8 nitrogen and oxygen atoms in total. The van der Waals surface area contributed by atoms with Gasteiger partial charge in [-0.1, -0.05) is 112 Å². The smallest absolute Gasteiger partial charge is 0.338 e. The molecule has 0 bridgehead atoms. The van der Waals surface area contributed by atoms with E-state index in [-0.39, 0.29) is 11.6 Å². The predicted molar refractivity (Wildman–Crippen MR) is 152 cm³/mol. The first-order valence-corrected chi connectivity index (χ1v) is 15.0. The first-order chi connectivity index (χ1) is 18.7. The summed E-state index contributed by atoms with van der Waals surface area (Å²) in [4.78, 5) is 15.7. The molecule has 39 heavy (non-hydrogen) atoms. The van der Waals surface area contributed by atoms with Gasteiger partial charge in [0, 0.05) is 4.91 Å². The van der Waals surface area contributed by atoms with Crippen molar-refractivity contribution in [2.45, 2.75) is 57.3 Å². The number of azide groups is 1. The zero-order valence-electron chi connectivity index (χ0n) is 22.7. The van der Waals surface area contributed by atoms with Crippen molar-refractivity contribution in [1.82, 2.24) is 0 Å². The number of rotatable bonds is 8. The third-order valence-corrected chi connectivity index (χ3v) is 12.3. The van der Waals surface area contributed by atoms with Crippen LogP contribution in [0.5, 0.6) is 0 Å². The fourth-order valence-corrected chi connectivity index (χ4v) is 9.82. The molecule has 0 aliphatic carbocycles. The highest BCUT2D eigenvalue weighted by atomic mass is 28.4. The summed E-state index contributed by atoms with van der Waals surface area (Å²) in [6.07, 6.45) is -2.89. The molecule has 0 spiro atoms. The molecule has 0 amide bonds. The number of aliphatic hydroxyl groups excluding tert-OH is 1. The standard InChI is InChI=1S/C30H35N3O5Si/c1-21-26(32-33-31)29(37-25(27(21)34)20-36-28(35)22-14-8-5-9-15-22)38-39(30(2,3)4,23-16-10-6-11-17-23)24-18-12-7-13-19-24/h5-19,21,25-27,29,34H,20H2,1-4H3/t21-,25?,26?,27+,29+/m1/s1. The minimum Gasteiger partial charge on any atom is -0.459 e. The fraction of sp³-hybridized carbons (Fsp3) is 0.367. The van der Waals surface area contributed by atoms with Crippen LogP contribution in [0.4, 0.5) is 0 Å². The molecule has 1 aliphatic heterocycles. The first kappa shape index (κ1) is 28.5. The molecule has 1 fully saturated rings. The minimum atomic E-state index is -3.08. The lowest BCUT2D eigenvalue weighted by Gasteiger charge is -2.49. The van der Waals surface area contributed by atoms with Crippen LogP contribution in [0.15, 0.2) is 96.1 Å². The van der Waals surface area contributed by atoms with Gasteiger partial charge in [-0.2, -0.15) is 0 Å². The van der Waals surface area contributed by atoms with Crippen LogP contribution >= 0.6 is 0 Å². The topological polar surface area (TPSA) is 114 Å². The lowest BCUT2D eigenvalue weighted by Crippen LogP contribution is -2.70. The van der Waals surface area contributed by atoms with Crippen LogP contribution in [0.2, 0.25) is 5.04 Å². The van der Waals surface area contributed by atoms with Gasteiger partial charge in [-0.15, -0.1) is 0 Å². The summed E-state index contributed by atoms with van der Waals surface area (Å²) in [5.41, 5.74) is 9.81. The van der Waals surface area contributed by atoms with Gasteiger partial charge in [0.2, 0.25) is 0 Å². The van der Waals surface area contributed by atoms with Crippen molar-refractivity contribution in [1.29, 1.82) is 0 Å². The normalized spacial score (nSPS) is 23.5. The maximum absolute atomic E-state index is 12.6. The number of hydrogen-bond acceptors (Lipinski definition) is 6. The van der Waals surface area contributed by atoms with Gasteiger partial charge in [0.15, 0.2) is 6.29 Å². The molecule has 204 valence electrons. The highest BCUT2D eigenvalue weighted by Crippen LogP contribution is 2.40. The van der Waals surface area contributed by atoms with Crippen LogP contribution in [-0.4, -0.2) is 50.5 Å². The molecule has 3 aromatic carbocycles. The summed E-state index contributed by atoms with van der Waals surface area (Å²) < 4.78 is 19.0. The minimum absolute atomic E-state index is 0.178. The summed E-state index contributed by atoms with van der Waals surface area (Å²) in [6.45, 7) is 8.04. The van der Waals surface area contributed by atoms with Crippen LogP contribution in [-0.2, 0) is 13.9 Å². The second kappa shape index (κ2) is 12.2. The molecule has 0 aromatic heterocycles. The molecular formula is C30H35N3O5Si. The monoisotopic (exact) mass is 545 g/mol. The van der Waals surface area contributed by atoms with Crippen LogP contribution in [0, 0.1) is 5.92 Å². The van der Waals surface area contributed by atoms with Gasteiger partial charge < -0.3 is 19.0 Å². The zero-order valence-corrected chi connectivity index (χ0v) is 23.7. The van der Waals surface area contributed by atoms with E-state index in [2.05, 4.69) is 55.1 Å². The molecule has 5 atom stereocenters. The van der Waals surface area contributed by atoms with E-state index in [9.17, 15) is 15.4 Å². The Morgan fingerprint density at radius 3 is 1.97 bits per heavy atom. The van der Waals surface area contributed by atoms with Gasteiger partial charge in [0.25, 0.3) is 8.32 Å². The third kappa shape index (κ3) is 5.93. The lowest BCUT2D eigenvalue weighted by atomic mass is 9.89. The molecule has 1 saturated heterocycles. The number of carbonyl (C=O) groups is 1. The molecule has 1 N–H and O–H groups in total. The Morgan fingerprint density at radius 2 is 1.49 bits per heavy atom. The number of aliphatic hydroxyl groups is 1. The average Bonchev–Trinajstić information content (AvgIpc) is 2.95. The summed E-state index contributed by atoms with van der Waals surface area (Å²) in [5.74, 6) is -1.03. The number of nitrogens with zero attached hydrogens (tertiary/aromatic N) is 3. The second-order valence-corrected chi connectivity index (χ2v) is 15.1. The summed E-state index contributed by atoms with van der Waals surface area (Å²) in [6, 6.07) is 28.0. The summed E-state index contributed by atoms with van der Waals surface area (Å²) in [7, 11) is -3.08. The van der Waals surface area contributed by atoms with E-state index in [1.165, 1.54) is 0 Å². The lowest BCUT2D eigenvalue weighted by molar-refractivity contribution is -0.225. The molecule has 0 radical (unpaired) electrons. The van der Waals surface area contributed by atoms with Crippen LogP contribution in [0.3, 0.4) is 0 Å². The van der Waals surface area contributed by atoms with E-state index >= 15 is 0 Å². The maximum atomic E-state index is 12.6. The van der Waals surface area contributed by atoms with Crippen molar-refractivity contribution in [2.75, 3.05) is 6.61 Å². The average molecular weight is 546 g/mol. The van der Waals surface area contributed by atoms with Gasteiger partial charge in [-0.05, 0) is 39.0 Å². The van der Waals surface area contributed by atoms with E-state index in [4.69, 9.17) is 13.9 Å². The van der Waals surface area contributed by atoms with E-state index in [0.29, 0.717) is 5.56 Å². The molecule has 2 unspecified atom stereocenters. The van der Waals surface area contributed by atoms with Crippen LogP contribution in [0.25, 0.3) is 10.4 Å². The van der Waals surface area contributed by atoms with Crippen molar-refractivity contribution < 1.29 is 23.8 Å². The number of hydrogen-bond donors (Lipinski definition) is 1. The van der Waals surface area contributed by atoms with Gasteiger partial charge in [0.05, 0.1) is 17.7 Å². The van der Waals surface area contributed by atoms with E-state index in [1.54, 1.807) is 31.2 Å². The van der Waals surface area contributed by atoms with Gasteiger partial charge in [-0.25, -0.2) is 4.79 Å². The predicted octanol–water partition coefficient (Wildman–Crippen LogP) is 4.82. The molecule has 0 saturated carbocycles. The first-order valence-electron chi connectivity index (χ1n) is 13.1. The molecular weight excluding hydrogens is 510 g/mol. The molecule has 3 aromatic rings. The van der Waals surface area contributed by atoms with E-state index in [0.717, 1.165) is 10.4 Å². The van der Waals surface area contributed by atoms with E-state index in [1.807, 2.05) is 42.5 Å². The number of esters is 1. The quantitative estimate of drug-likeness (QED) is 0.143.